The molecule has 0 bridgehead atoms. The van der Waals surface area contributed by atoms with E-state index < -0.39 is 18.6 Å². The molecule has 0 aromatic carbocycles. The molecule has 6 heteroatoms. The summed E-state index contributed by atoms with van der Waals surface area (Å²) in [5.41, 5.74) is 0. The summed E-state index contributed by atoms with van der Waals surface area (Å²) in [6.45, 7) is -0.569. The molecule has 0 saturated carbocycles. The normalized spacial score (nSPS) is 23.1. The van der Waals surface area contributed by atoms with Crippen molar-refractivity contribution in [2.24, 2.45) is 5.92 Å². The SMILES string of the molecule is O=C(N[C@H](CO)C(=O)O)C1CCSC1. The van der Waals surface area contributed by atoms with Crippen LogP contribution in [-0.2, 0) is 9.59 Å². The Hall–Kier alpha value is -0.750. The van der Waals surface area contributed by atoms with Crippen LogP contribution in [0.15, 0.2) is 0 Å². The molecule has 1 aliphatic rings. The molecule has 1 amide bonds. The predicted octanol–water partition coefficient (Wildman–Crippen LogP) is -0.699. The molecule has 5 nitrogen and oxygen atoms in total. The van der Waals surface area contributed by atoms with Gasteiger partial charge < -0.3 is 15.5 Å². The predicted molar refractivity (Wildman–Crippen MR) is 52.1 cm³/mol. The summed E-state index contributed by atoms with van der Waals surface area (Å²) in [5, 5.41) is 19.6. The topological polar surface area (TPSA) is 86.6 Å². The molecule has 0 aliphatic carbocycles. The highest BCUT2D eigenvalue weighted by molar-refractivity contribution is 7.99. The third-order valence-electron chi connectivity index (χ3n) is 2.10. The third-order valence-corrected chi connectivity index (χ3v) is 3.26. The maximum absolute atomic E-state index is 11.4. The molecule has 80 valence electrons. The van der Waals surface area contributed by atoms with E-state index in [1.807, 2.05) is 0 Å². The summed E-state index contributed by atoms with van der Waals surface area (Å²) in [6.07, 6.45) is 0.786. The summed E-state index contributed by atoms with van der Waals surface area (Å²) in [5.74, 6) is 0.106. The second-order valence-electron chi connectivity index (χ2n) is 3.14. The van der Waals surface area contributed by atoms with Crippen molar-refractivity contribution in [3.63, 3.8) is 0 Å². The van der Waals surface area contributed by atoms with E-state index in [2.05, 4.69) is 5.32 Å². The highest BCUT2D eigenvalue weighted by atomic mass is 32.2. The van der Waals surface area contributed by atoms with Gasteiger partial charge >= 0.3 is 5.97 Å². The summed E-state index contributed by atoms with van der Waals surface area (Å²) in [4.78, 5) is 21.9. The van der Waals surface area contributed by atoms with Crippen molar-refractivity contribution in [3.8, 4) is 0 Å². The van der Waals surface area contributed by atoms with E-state index in [0.29, 0.717) is 0 Å². The van der Waals surface area contributed by atoms with Crippen LogP contribution < -0.4 is 5.32 Å². The molecule has 1 aliphatic heterocycles. The maximum atomic E-state index is 11.4. The Labute approximate surface area is 85.9 Å². The lowest BCUT2D eigenvalue weighted by molar-refractivity contribution is -0.143. The van der Waals surface area contributed by atoms with Crippen molar-refractivity contribution in [2.75, 3.05) is 18.1 Å². The average Bonchev–Trinajstić information content (AvgIpc) is 2.65. The monoisotopic (exact) mass is 219 g/mol. The molecule has 2 atom stereocenters. The number of carbonyl (C=O) groups is 2. The van der Waals surface area contributed by atoms with Crippen LogP contribution in [0.2, 0.25) is 0 Å². The Morgan fingerprint density at radius 2 is 2.29 bits per heavy atom. The minimum Gasteiger partial charge on any atom is -0.480 e. The van der Waals surface area contributed by atoms with Crippen LogP contribution in [0.25, 0.3) is 0 Å². The first-order chi connectivity index (χ1) is 6.65. The zero-order chi connectivity index (χ0) is 10.6. The smallest absolute Gasteiger partial charge is 0.328 e. The fourth-order valence-corrected chi connectivity index (χ4v) is 2.44. The van der Waals surface area contributed by atoms with Crippen LogP contribution in [0.1, 0.15) is 6.42 Å². The molecule has 1 heterocycles. The molecule has 1 rings (SSSR count). The number of aliphatic hydroxyl groups excluding tert-OH is 1. The van der Waals surface area contributed by atoms with Crippen molar-refractivity contribution in [1.82, 2.24) is 5.32 Å². The summed E-state index contributed by atoms with van der Waals surface area (Å²) in [6, 6.07) is -1.17. The Morgan fingerprint density at radius 3 is 2.71 bits per heavy atom. The van der Waals surface area contributed by atoms with E-state index in [-0.39, 0.29) is 11.8 Å². The van der Waals surface area contributed by atoms with E-state index in [1.165, 1.54) is 0 Å². The molecule has 0 aromatic heterocycles. The minimum absolute atomic E-state index is 0.103. The zero-order valence-electron chi connectivity index (χ0n) is 7.60. The van der Waals surface area contributed by atoms with Crippen LogP contribution in [0.5, 0.6) is 0 Å². The van der Waals surface area contributed by atoms with Gasteiger partial charge in [0.25, 0.3) is 0 Å². The first-order valence-electron chi connectivity index (χ1n) is 4.37. The van der Waals surface area contributed by atoms with Crippen LogP contribution in [-0.4, -0.2) is 46.2 Å². The first kappa shape index (κ1) is 11.3. The highest BCUT2D eigenvalue weighted by Gasteiger charge is 2.27. The Balaban J connectivity index is 2.41. The quantitative estimate of drug-likeness (QED) is 0.582. The molecule has 3 N–H and O–H groups in total. The number of hydrogen-bond donors (Lipinski definition) is 3. The van der Waals surface area contributed by atoms with Crippen LogP contribution in [0, 0.1) is 5.92 Å². The van der Waals surface area contributed by atoms with Gasteiger partial charge in [0.05, 0.1) is 6.61 Å². The molecule has 1 fully saturated rings. The van der Waals surface area contributed by atoms with Gasteiger partial charge in [0.15, 0.2) is 0 Å². The third kappa shape index (κ3) is 2.88. The van der Waals surface area contributed by atoms with Crippen molar-refractivity contribution in [2.45, 2.75) is 12.5 Å². The number of carboxylic acids is 1. The van der Waals surface area contributed by atoms with Gasteiger partial charge in [-0.25, -0.2) is 4.79 Å². The van der Waals surface area contributed by atoms with Crippen LogP contribution in [0.4, 0.5) is 0 Å². The van der Waals surface area contributed by atoms with E-state index >= 15 is 0 Å². The number of thioether (sulfide) groups is 1. The highest BCUT2D eigenvalue weighted by Crippen LogP contribution is 2.23. The fraction of sp³-hybridized carbons (Fsp3) is 0.750. The molecular formula is C8H13NO4S. The molecule has 1 saturated heterocycles. The largest absolute Gasteiger partial charge is 0.480 e. The second-order valence-corrected chi connectivity index (χ2v) is 4.29. The van der Waals surface area contributed by atoms with Gasteiger partial charge in [0.1, 0.15) is 6.04 Å². The van der Waals surface area contributed by atoms with Gasteiger partial charge in [-0.05, 0) is 12.2 Å². The number of carboxylic acid groups (broad SMARTS) is 1. The van der Waals surface area contributed by atoms with Gasteiger partial charge in [0.2, 0.25) is 5.91 Å². The Morgan fingerprint density at radius 1 is 1.57 bits per heavy atom. The fourth-order valence-electron chi connectivity index (χ4n) is 1.22. The average molecular weight is 219 g/mol. The summed E-state index contributed by atoms with van der Waals surface area (Å²) < 4.78 is 0. The molecule has 1 unspecified atom stereocenters. The number of carbonyl (C=O) groups excluding carboxylic acids is 1. The van der Waals surface area contributed by atoms with E-state index in [9.17, 15) is 9.59 Å². The lowest BCUT2D eigenvalue weighted by Crippen LogP contribution is -2.45. The van der Waals surface area contributed by atoms with Gasteiger partial charge in [-0.2, -0.15) is 11.8 Å². The number of amides is 1. The number of hydrogen-bond acceptors (Lipinski definition) is 4. The van der Waals surface area contributed by atoms with Crippen molar-refractivity contribution in [3.05, 3.63) is 0 Å². The second kappa shape index (κ2) is 5.21. The van der Waals surface area contributed by atoms with Gasteiger partial charge in [-0.1, -0.05) is 0 Å². The Bertz CT molecular complexity index is 227. The standard InChI is InChI=1S/C8H13NO4S/c10-3-6(8(12)13)9-7(11)5-1-2-14-4-5/h5-6,10H,1-4H2,(H,9,11)(H,12,13)/t5?,6-/m1/s1. The molecule has 0 spiro atoms. The number of aliphatic carboxylic acids is 1. The number of rotatable bonds is 4. The lowest BCUT2D eigenvalue weighted by Gasteiger charge is -2.14. The van der Waals surface area contributed by atoms with Crippen molar-refractivity contribution in [1.29, 1.82) is 0 Å². The van der Waals surface area contributed by atoms with Gasteiger partial charge in [-0.3, -0.25) is 4.79 Å². The van der Waals surface area contributed by atoms with Crippen molar-refractivity contribution < 1.29 is 19.8 Å². The van der Waals surface area contributed by atoms with E-state index in [1.54, 1.807) is 11.8 Å². The molecule has 14 heavy (non-hydrogen) atoms. The summed E-state index contributed by atoms with van der Waals surface area (Å²) >= 11 is 1.68. The van der Waals surface area contributed by atoms with Crippen LogP contribution >= 0.6 is 11.8 Å². The van der Waals surface area contributed by atoms with E-state index in [4.69, 9.17) is 10.2 Å². The van der Waals surface area contributed by atoms with Crippen molar-refractivity contribution >= 4 is 23.6 Å². The lowest BCUT2D eigenvalue weighted by atomic mass is 10.1. The Kier molecular flexibility index (Phi) is 4.21. The number of aliphatic hydroxyl groups is 1. The zero-order valence-corrected chi connectivity index (χ0v) is 8.42. The van der Waals surface area contributed by atoms with Gasteiger partial charge in [0, 0.05) is 11.7 Å². The van der Waals surface area contributed by atoms with Crippen LogP contribution in [0.3, 0.4) is 0 Å². The first-order valence-corrected chi connectivity index (χ1v) is 5.52. The minimum atomic E-state index is -1.20. The molecule has 0 radical (unpaired) electrons. The molecule has 0 aromatic rings. The van der Waals surface area contributed by atoms with Gasteiger partial charge in [-0.15, -0.1) is 0 Å². The number of nitrogens with one attached hydrogen (secondary N) is 1. The summed E-state index contributed by atoms with van der Waals surface area (Å²) in [7, 11) is 0. The molecular weight excluding hydrogens is 206 g/mol. The van der Waals surface area contributed by atoms with E-state index in [0.717, 1.165) is 17.9 Å². The maximum Gasteiger partial charge on any atom is 0.328 e.